The molecule has 1 aliphatic rings. The van der Waals surface area contributed by atoms with Crippen LogP contribution in [-0.2, 0) is 9.53 Å². The van der Waals surface area contributed by atoms with Crippen molar-refractivity contribution >= 4 is 40.6 Å². The van der Waals surface area contributed by atoms with Crippen molar-refractivity contribution < 1.29 is 18.7 Å². The molecule has 1 saturated heterocycles. The van der Waals surface area contributed by atoms with Gasteiger partial charge in [0.15, 0.2) is 5.17 Å². The maximum Gasteiger partial charge on any atom is 0.338 e. The Morgan fingerprint density at radius 2 is 2.07 bits per heavy atom. The van der Waals surface area contributed by atoms with Crippen LogP contribution in [0, 0.1) is 6.92 Å². The Bertz CT molecular complexity index is 943. The van der Waals surface area contributed by atoms with Crippen LogP contribution in [0.25, 0.3) is 6.08 Å². The number of hydrogen-bond acceptors (Lipinski definition) is 6. The van der Waals surface area contributed by atoms with Gasteiger partial charge in [-0.2, -0.15) is 0 Å². The van der Waals surface area contributed by atoms with Crippen molar-refractivity contribution in [2.45, 2.75) is 26.9 Å². The molecule has 1 fully saturated rings. The summed E-state index contributed by atoms with van der Waals surface area (Å²) in [5.41, 5.74) is 0.995. The van der Waals surface area contributed by atoms with Gasteiger partial charge in [0.25, 0.3) is 5.91 Å². The molecule has 2 aromatic rings. The lowest BCUT2D eigenvalue weighted by molar-refractivity contribution is -0.121. The van der Waals surface area contributed by atoms with Gasteiger partial charge in [-0.25, -0.2) is 9.79 Å². The molecule has 140 valence electrons. The summed E-state index contributed by atoms with van der Waals surface area (Å²) in [6, 6.07) is 10.5. The lowest BCUT2D eigenvalue weighted by Crippen LogP contribution is -2.23. The van der Waals surface area contributed by atoms with Crippen molar-refractivity contribution in [1.29, 1.82) is 0 Å². The molecule has 0 saturated carbocycles. The monoisotopic (exact) mass is 384 g/mol. The van der Waals surface area contributed by atoms with E-state index in [-0.39, 0.29) is 12.0 Å². The summed E-state index contributed by atoms with van der Waals surface area (Å²) in [5, 5.41) is 0.531. The highest BCUT2D eigenvalue weighted by molar-refractivity contribution is 8.18. The van der Waals surface area contributed by atoms with Crippen molar-refractivity contribution in [2.75, 3.05) is 7.05 Å². The minimum absolute atomic E-state index is 0.150. The van der Waals surface area contributed by atoms with Crippen LogP contribution in [0.15, 0.2) is 50.7 Å². The van der Waals surface area contributed by atoms with Gasteiger partial charge >= 0.3 is 5.97 Å². The fourth-order valence-corrected chi connectivity index (χ4v) is 3.37. The molecule has 27 heavy (non-hydrogen) atoms. The third-order valence-corrected chi connectivity index (χ3v) is 4.75. The van der Waals surface area contributed by atoms with Crippen LogP contribution in [-0.4, -0.2) is 35.1 Å². The summed E-state index contributed by atoms with van der Waals surface area (Å²) in [6.45, 7) is 5.44. The lowest BCUT2D eigenvalue weighted by atomic mass is 10.2. The Hall–Kier alpha value is -2.80. The van der Waals surface area contributed by atoms with E-state index in [0.717, 1.165) is 5.76 Å². The molecule has 0 spiro atoms. The smallest absolute Gasteiger partial charge is 0.338 e. The second-order valence-corrected chi connectivity index (χ2v) is 7.33. The molecule has 0 N–H and O–H groups in total. The fourth-order valence-electron chi connectivity index (χ4n) is 2.41. The first kappa shape index (κ1) is 19.0. The van der Waals surface area contributed by atoms with Gasteiger partial charge in [-0.3, -0.25) is 9.69 Å². The summed E-state index contributed by atoms with van der Waals surface area (Å²) in [7, 11) is 1.67. The molecule has 1 aliphatic heterocycles. The number of amides is 1. The van der Waals surface area contributed by atoms with E-state index in [1.165, 1.54) is 16.7 Å². The highest BCUT2D eigenvalue weighted by Crippen LogP contribution is 2.33. The number of ether oxygens (including phenoxy) is 1. The quantitative estimate of drug-likeness (QED) is 0.577. The van der Waals surface area contributed by atoms with E-state index in [4.69, 9.17) is 9.15 Å². The minimum atomic E-state index is -0.399. The van der Waals surface area contributed by atoms with Gasteiger partial charge in [-0.05, 0) is 62.9 Å². The van der Waals surface area contributed by atoms with Gasteiger partial charge in [0.1, 0.15) is 11.5 Å². The molecule has 1 amide bonds. The van der Waals surface area contributed by atoms with Crippen molar-refractivity contribution in [3.8, 4) is 0 Å². The van der Waals surface area contributed by atoms with Crippen molar-refractivity contribution in [3.05, 3.63) is 58.4 Å². The number of nitrogens with zero attached hydrogens (tertiary/aromatic N) is 2. The van der Waals surface area contributed by atoms with Crippen LogP contribution >= 0.6 is 11.8 Å². The number of esters is 1. The first-order chi connectivity index (χ1) is 12.8. The number of amidine groups is 1. The average molecular weight is 384 g/mol. The number of carbonyl (C=O) groups excluding carboxylic acids is 2. The number of furan rings is 1. The zero-order chi connectivity index (χ0) is 19.6. The highest BCUT2D eigenvalue weighted by Gasteiger charge is 2.30. The topological polar surface area (TPSA) is 72.1 Å². The zero-order valence-corrected chi connectivity index (χ0v) is 16.4. The number of aliphatic imine (C=N–C) groups is 1. The van der Waals surface area contributed by atoms with Crippen LogP contribution in [0.2, 0.25) is 0 Å². The Morgan fingerprint density at radius 1 is 1.30 bits per heavy atom. The Balaban J connectivity index is 1.84. The van der Waals surface area contributed by atoms with Crippen LogP contribution in [0.4, 0.5) is 5.69 Å². The van der Waals surface area contributed by atoms with E-state index in [1.54, 1.807) is 51.2 Å². The van der Waals surface area contributed by atoms with E-state index in [2.05, 4.69) is 4.99 Å². The number of aryl methyl sites for hydroxylation is 1. The molecule has 3 rings (SSSR count). The Labute approximate surface area is 161 Å². The molecule has 0 atom stereocenters. The van der Waals surface area contributed by atoms with E-state index < -0.39 is 5.97 Å². The van der Waals surface area contributed by atoms with Gasteiger partial charge in [-0.1, -0.05) is 6.07 Å². The van der Waals surface area contributed by atoms with E-state index in [9.17, 15) is 9.59 Å². The van der Waals surface area contributed by atoms with E-state index >= 15 is 0 Å². The van der Waals surface area contributed by atoms with Crippen LogP contribution in [0.3, 0.4) is 0 Å². The Kier molecular flexibility index (Phi) is 5.51. The van der Waals surface area contributed by atoms with Gasteiger partial charge in [0, 0.05) is 13.1 Å². The Morgan fingerprint density at radius 3 is 2.74 bits per heavy atom. The molecule has 1 aromatic carbocycles. The predicted octanol–water partition coefficient (Wildman–Crippen LogP) is 4.39. The molecule has 0 bridgehead atoms. The third kappa shape index (κ3) is 4.49. The van der Waals surface area contributed by atoms with Crippen LogP contribution < -0.4 is 0 Å². The SMILES string of the molecule is Cc1ccc(/C=C2/SC(=Nc3cccc(C(=O)OC(C)C)c3)N(C)C2=O)o1. The maximum atomic E-state index is 12.5. The number of thioether (sulfide) groups is 1. The fraction of sp³-hybridized carbons (Fsp3) is 0.250. The largest absolute Gasteiger partial charge is 0.462 e. The minimum Gasteiger partial charge on any atom is -0.462 e. The molecule has 0 unspecified atom stereocenters. The summed E-state index contributed by atoms with van der Waals surface area (Å²) in [6.07, 6.45) is 1.51. The number of rotatable bonds is 4. The summed E-state index contributed by atoms with van der Waals surface area (Å²) in [4.78, 5) is 31.0. The van der Waals surface area contributed by atoms with E-state index in [1.807, 2.05) is 19.1 Å². The molecule has 7 heteroatoms. The maximum absolute atomic E-state index is 12.5. The molecular weight excluding hydrogens is 364 g/mol. The first-order valence-electron chi connectivity index (χ1n) is 8.47. The molecule has 6 nitrogen and oxygen atoms in total. The lowest BCUT2D eigenvalue weighted by Gasteiger charge is -2.09. The van der Waals surface area contributed by atoms with Crippen LogP contribution in [0.1, 0.15) is 35.7 Å². The molecule has 2 heterocycles. The number of likely N-dealkylation sites (N-methyl/N-ethyl adjacent to an activating group) is 1. The molecular formula is C20H20N2O4S. The highest BCUT2D eigenvalue weighted by atomic mass is 32.2. The van der Waals surface area contributed by atoms with Crippen LogP contribution in [0.5, 0.6) is 0 Å². The predicted molar refractivity (Wildman–Crippen MR) is 106 cm³/mol. The summed E-state index contributed by atoms with van der Waals surface area (Å²) >= 11 is 1.26. The first-order valence-corrected chi connectivity index (χ1v) is 9.29. The van der Waals surface area contributed by atoms with Crippen molar-refractivity contribution in [2.24, 2.45) is 4.99 Å². The van der Waals surface area contributed by atoms with Crippen molar-refractivity contribution in [3.63, 3.8) is 0 Å². The molecule has 0 aliphatic carbocycles. The molecule has 0 radical (unpaired) electrons. The zero-order valence-electron chi connectivity index (χ0n) is 15.6. The second-order valence-electron chi connectivity index (χ2n) is 6.32. The second kappa shape index (κ2) is 7.84. The summed E-state index contributed by atoms with van der Waals surface area (Å²) < 4.78 is 10.7. The number of benzene rings is 1. The van der Waals surface area contributed by atoms with Gasteiger partial charge in [0.05, 0.1) is 22.3 Å². The molecule has 1 aromatic heterocycles. The van der Waals surface area contributed by atoms with Gasteiger partial charge in [-0.15, -0.1) is 0 Å². The van der Waals surface area contributed by atoms with Crippen molar-refractivity contribution in [1.82, 2.24) is 4.90 Å². The third-order valence-electron chi connectivity index (χ3n) is 3.69. The normalized spacial score (nSPS) is 17.4. The summed E-state index contributed by atoms with van der Waals surface area (Å²) in [5.74, 6) is 0.855. The standard InChI is InChI=1S/C20H20N2O4S/c1-12(2)25-19(24)14-6-5-7-15(10-14)21-20-22(4)18(23)17(27-20)11-16-9-8-13(3)26-16/h5-12H,1-4H3/b17-11+,21-20?. The number of hydrogen-bond donors (Lipinski definition) is 0. The van der Waals surface area contributed by atoms with Gasteiger partial charge < -0.3 is 9.15 Å². The van der Waals surface area contributed by atoms with E-state index in [0.29, 0.717) is 27.1 Å². The van der Waals surface area contributed by atoms with Gasteiger partial charge in [0.2, 0.25) is 0 Å². The average Bonchev–Trinajstić information content (AvgIpc) is 3.13. The number of carbonyl (C=O) groups is 2.